The summed E-state index contributed by atoms with van der Waals surface area (Å²) in [4.78, 5) is 41.5. The average molecular weight is 374 g/mol. The van der Waals surface area contributed by atoms with Crippen molar-refractivity contribution in [2.75, 3.05) is 33.3 Å². The van der Waals surface area contributed by atoms with Crippen LogP contribution in [0.3, 0.4) is 0 Å². The average Bonchev–Trinajstić information content (AvgIpc) is 3.06. The largest absolute Gasteiger partial charge is 0.490 e. The smallest absolute Gasteiger partial charge is 0.289 e. The highest BCUT2D eigenvalue weighted by Gasteiger charge is 2.50. The fourth-order valence-electron chi connectivity index (χ4n) is 4.55. The molecular formula is C20H26N2O5. The van der Waals surface area contributed by atoms with Crippen LogP contribution in [-0.2, 0) is 4.79 Å². The molecule has 1 saturated carbocycles. The van der Waals surface area contributed by atoms with Crippen LogP contribution in [0.25, 0.3) is 0 Å². The molecule has 1 spiro atoms. The van der Waals surface area contributed by atoms with E-state index in [2.05, 4.69) is 0 Å². The van der Waals surface area contributed by atoms with Crippen LogP contribution in [0.15, 0.2) is 21.5 Å². The molecule has 1 aliphatic carbocycles. The second kappa shape index (κ2) is 7.02. The van der Waals surface area contributed by atoms with Gasteiger partial charge in [0.2, 0.25) is 17.1 Å². The Kier molecular flexibility index (Phi) is 4.70. The van der Waals surface area contributed by atoms with E-state index in [1.165, 1.54) is 26.4 Å². The predicted molar refractivity (Wildman–Crippen MR) is 97.6 cm³/mol. The number of piperidine rings is 1. The monoisotopic (exact) mass is 374 g/mol. The van der Waals surface area contributed by atoms with Crippen LogP contribution < -0.4 is 10.2 Å². The molecule has 0 N–H and O–H groups in total. The highest BCUT2D eigenvalue weighted by molar-refractivity contribution is 5.93. The first-order valence-corrected chi connectivity index (χ1v) is 9.78. The van der Waals surface area contributed by atoms with Crippen LogP contribution in [-0.4, -0.2) is 54.9 Å². The lowest BCUT2D eigenvalue weighted by atomic mass is 9.77. The Morgan fingerprint density at radius 3 is 2.74 bits per heavy atom. The van der Waals surface area contributed by atoms with Gasteiger partial charge < -0.3 is 19.0 Å². The first kappa shape index (κ1) is 18.1. The van der Waals surface area contributed by atoms with Crippen LogP contribution in [0.5, 0.6) is 5.75 Å². The fourth-order valence-corrected chi connectivity index (χ4v) is 4.55. The highest BCUT2D eigenvalue weighted by atomic mass is 16.5. The molecule has 4 rings (SSSR count). The number of carbonyl (C=O) groups is 2. The van der Waals surface area contributed by atoms with Gasteiger partial charge in [-0.3, -0.25) is 14.4 Å². The van der Waals surface area contributed by atoms with Crippen molar-refractivity contribution in [3.8, 4) is 5.75 Å². The van der Waals surface area contributed by atoms with E-state index in [0.29, 0.717) is 25.4 Å². The van der Waals surface area contributed by atoms with Gasteiger partial charge in [-0.1, -0.05) is 6.42 Å². The van der Waals surface area contributed by atoms with E-state index in [1.807, 2.05) is 4.90 Å². The van der Waals surface area contributed by atoms with Gasteiger partial charge in [-0.2, -0.15) is 0 Å². The summed E-state index contributed by atoms with van der Waals surface area (Å²) >= 11 is 0. The van der Waals surface area contributed by atoms with Crippen molar-refractivity contribution in [2.45, 2.75) is 38.5 Å². The molecule has 0 aromatic carbocycles. The number of likely N-dealkylation sites (tertiary alicyclic amines) is 2. The lowest BCUT2D eigenvalue weighted by molar-refractivity contribution is -0.146. The first-order valence-electron chi connectivity index (χ1n) is 9.78. The third kappa shape index (κ3) is 3.24. The van der Waals surface area contributed by atoms with Crippen LogP contribution in [0.4, 0.5) is 0 Å². The zero-order valence-electron chi connectivity index (χ0n) is 15.7. The predicted octanol–water partition coefficient (Wildman–Crippen LogP) is 1.90. The van der Waals surface area contributed by atoms with Crippen molar-refractivity contribution in [1.29, 1.82) is 0 Å². The maximum Gasteiger partial charge on any atom is 0.289 e. The lowest BCUT2D eigenvalue weighted by Gasteiger charge is -2.42. The maximum absolute atomic E-state index is 13.2. The zero-order chi connectivity index (χ0) is 19.0. The molecule has 1 aromatic rings. The van der Waals surface area contributed by atoms with Crippen molar-refractivity contribution in [3.05, 3.63) is 28.3 Å². The van der Waals surface area contributed by atoms with E-state index in [0.717, 1.165) is 38.3 Å². The quantitative estimate of drug-likeness (QED) is 0.804. The molecular weight excluding hydrogens is 348 g/mol. The third-order valence-corrected chi connectivity index (χ3v) is 6.40. The minimum absolute atomic E-state index is 0.00701. The Bertz CT molecular complexity index is 800. The number of carbonyl (C=O) groups excluding carboxylic acids is 2. The van der Waals surface area contributed by atoms with Crippen molar-refractivity contribution in [3.63, 3.8) is 0 Å². The molecule has 3 fully saturated rings. The zero-order valence-corrected chi connectivity index (χ0v) is 15.7. The summed E-state index contributed by atoms with van der Waals surface area (Å²) < 4.78 is 10.2. The van der Waals surface area contributed by atoms with Crippen LogP contribution in [0.1, 0.15) is 49.1 Å². The molecule has 27 heavy (non-hydrogen) atoms. The molecule has 3 heterocycles. The molecule has 0 unspecified atom stereocenters. The Labute approximate surface area is 158 Å². The minimum Gasteiger partial charge on any atom is -0.490 e. The van der Waals surface area contributed by atoms with Gasteiger partial charge in [0, 0.05) is 32.2 Å². The highest BCUT2D eigenvalue weighted by Crippen LogP contribution is 2.41. The number of methoxy groups -OCH3 is 1. The van der Waals surface area contributed by atoms with E-state index in [9.17, 15) is 14.4 Å². The van der Waals surface area contributed by atoms with Crippen molar-refractivity contribution >= 4 is 11.8 Å². The summed E-state index contributed by atoms with van der Waals surface area (Å²) in [6.45, 7) is 2.61. The molecule has 3 aliphatic rings. The Hall–Kier alpha value is -2.31. The molecule has 2 amide bonds. The first-order chi connectivity index (χ1) is 13.0. The molecule has 7 heteroatoms. The van der Waals surface area contributed by atoms with Crippen LogP contribution in [0.2, 0.25) is 0 Å². The maximum atomic E-state index is 13.2. The Balaban J connectivity index is 1.46. The molecule has 2 saturated heterocycles. The van der Waals surface area contributed by atoms with Gasteiger partial charge in [0.15, 0.2) is 5.76 Å². The van der Waals surface area contributed by atoms with E-state index in [1.54, 1.807) is 4.90 Å². The summed E-state index contributed by atoms with van der Waals surface area (Å²) in [5.41, 5.74) is -0.855. The van der Waals surface area contributed by atoms with Gasteiger partial charge in [-0.15, -0.1) is 0 Å². The summed E-state index contributed by atoms with van der Waals surface area (Å²) in [7, 11) is 1.38. The summed E-state index contributed by atoms with van der Waals surface area (Å²) in [5, 5.41) is 0. The standard InChI is InChI=1S/C20H26N2O5/c1-26-17-12-27-16(10-15(17)23)18(24)22-9-7-20(13-22)6-3-8-21(19(20)25)11-14-4-2-5-14/h10,12,14H,2-9,11,13H2,1H3/t20-/m0/s1. The minimum atomic E-state index is -0.468. The van der Waals surface area contributed by atoms with Crippen molar-refractivity contribution < 1.29 is 18.7 Å². The van der Waals surface area contributed by atoms with Crippen molar-refractivity contribution in [2.24, 2.45) is 11.3 Å². The molecule has 1 atom stereocenters. The van der Waals surface area contributed by atoms with Crippen molar-refractivity contribution in [1.82, 2.24) is 9.80 Å². The normalized spacial score (nSPS) is 25.7. The number of hydrogen-bond acceptors (Lipinski definition) is 5. The molecule has 146 valence electrons. The number of nitrogens with zero attached hydrogens (tertiary/aromatic N) is 2. The number of ether oxygens (including phenoxy) is 1. The lowest BCUT2D eigenvalue weighted by Crippen LogP contribution is -2.52. The van der Waals surface area contributed by atoms with E-state index in [4.69, 9.17) is 9.15 Å². The van der Waals surface area contributed by atoms with E-state index >= 15 is 0 Å². The second-order valence-corrected chi connectivity index (χ2v) is 8.09. The summed E-state index contributed by atoms with van der Waals surface area (Å²) in [5.74, 6) is 0.574. The van der Waals surface area contributed by atoms with Gasteiger partial charge >= 0.3 is 0 Å². The van der Waals surface area contributed by atoms with Crippen LogP contribution in [0, 0.1) is 11.3 Å². The van der Waals surface area contributed by atoms with E-state index < -0.39 is 5.41 Å². The number of amides is 2. The fraction of sp³-hybridized carbons (Fsp3) is 0.650. The van der Waals surface area contributed by atoms with Gasteiger partial charge in [-0.25, -0.2) is 0 Å². The summed E-state index contributed by atoms with van der Waals surface area (Å²) in [6, 6.07) is 1.16. The van der Waals surface area contributed by atoms with Gasteiger partial charge in [0.1, 0.15) is 6.26 Å². The van der Waals surface area contributed by atoms with Gasteiger partial charge in [-0.05, 0) is 38.0 Å². The molecule has 0 bridgehead atoms. The Morgan fingerprint density at radius 2 is 2.07 bits per heavy atom. The molecule has 7 nitrogen and oxygen atoms in total. The van der Waals surface area contributed by atoms with Crippen LogP contribution >= 0.6 is 0 Å². The number of hydrogen-bond donors (Lipinski definition) is 0. The number of rotatable bonds is 4. The molecule has 0 radical (unpaired) electrons. The second-order valence-electron chi connectivity index (χ2n) is 8.09. The Morgan fingerprint density at radius 1 is 1.26 bits per heavy atom. The SMILES string of the molecule is COc1coc(C(=O)N2CC[C@@]3(CCCN(CC4CCC4)C3=O)C2)cc1=O. The third-order valence-electron chi connectivity index (χ3n) is 6.40. The molecule has 1 aromatic heterocycles. The summed E-state index contributed by atoms with van der Waals surface area (Å²) in [6.07, 6.45) is 7.36. The topological polar surface area (TPSA) is 80.1 Å². The van der Waals surface area contributed by atoms with E-state index in [-0.39, 0.29) is 28.8 Å². The molecule has 2 aliphatic heterocycles. The van der Waals surface area contributed by atoms with Gasteiger partial charge in [0.05, 0.1) is 12.5 Å². The van der Waals surface area contributed by atoms with Gasteiger partial charge in [0.25, 0.3) is 5.91 Å².